The van der Waals surface area contributed by atoms with Crippen LogP contribution in [0.4, 0.5) is 0 Å². The smallest absolute Gasteiger partial charge is 0.0889 e. The molecule has 2 atom stereocenters. The normalized spacial score (nSPS) is 53.4. The second kappa shape index (κ2) is 1.95. The molecule has 0 aliphatic carbocycles. The predicted octanol–water partition coefficient (Wildman–Crippen LogP) is 1.65. The van der Waals surface area contributed by atoms with E-state index in [-0.39, 0.29) is 4.65 Å². The van der Waals surface area contributed by atoms with Crippen LogP contribution in [0.15, 0.2) is 0 Å². The molecule has 2 unspecified atom stereocenters. The Balaban J connectivity index is 2.21. The van der Waals surface area contributed by atoms with E-state index < -0.39 is 0 Å². The van der Waals surface area contributed by atoms with E-state index in [4.69, 9.17) is 0 Å². The van der Waals surface area contributed by atoms with Gasteiger partial charge in [0.25, 0.3) is 0 Å². The Kier molecular flexibility index (Phi) is 1.29. The zero-order chi connectivity index (χ0) is 7.19. The number of hydroxylamine groups is 3. The minimum absolute atomic E-state index is 0.0833. The zero-order valence-corrected chi connectivity index (χ0v) is 6.55. The molecule has 2 rings (SSSR count). The van der Waals surface area contributed by atoms with Crippen molar-refractivity contribution in [2.45, 2.75) is 44.2 Å². The van der Waals surface area contributed by atoms with Crippen LogP contribution in [-0.2, 0) is 0 Å². The van der Waals surface area contributed by atoms with Crippen molar-refractivity contribution in [1.29, 1.82) is 0 Å². The van der Waals surface area contributed by atoms with Crippen LogP contribution in [-0.4, -0.2) is 23.8 Å². The summed E-state index contributed by atoms with van der Waals surface area (Å²) in [6.45, 7) is 0. The number of fused-ring (bicyclic) bond motifs is 2. The van der Waals surface area contributed by atoms with E-state index in [0.29, 0.717) is 12.1 Å². The minimum atomic E-state index is 0.0833. The Hall–Kier alpha value is -0.0800. The van der Waals surface area contributed by atoms with Crippen molar-refractivity contribution in [2.24, 2.45) is 0 Å². The van der Waals surface area contributed by atoms with E-state index in [1.807, 2.05) is 7.05 Å². The third-order valence-corrected chi connectivity index (χ3v) is 3.36. The van der Waals surface area contributed by atoms with Gasteiger partial charge in [-0.2, -0.15) is 0 Å². The maximum atomic E-state index is 11.8. The molecule has 0 N–H and O–H groups in total. The minimum Gasteiger partial charge on any atom is -0.633 e. The number of hydrogen-bond acceptors (Lipinski definition) is 1. The molecular formula is C8H15NO. The molecule has 2 heterocycles. The van der Waals surface area contributed by atoms with Crippen LogP contribution in [0.25, 0.3) is 0 Å². The molecule has 2 aliphatic heterocycles. The fourth-order valence-electron chi connectivity index (χ4n) is 2.59. The van der Waals surface area contributed by atoms with Crippen molar-refractivity contribution in [3.8, 4) is 0 Å². The molecule has 2 nitrogen and oxygen atoms in total. The molecule has 0 aromatic rings. The summed E-state index contributed by atoms with van der Waals surface area (Å²) in [5.74, 6) is 0. The number of quaternary nitrogens is 1. The number of hydrogen-bond donors (Lipinski definition) is 0. The van der Waals surface area contributed by atoms with Crippen molar-refractivity contribution >= 4 is 0 Å². The van der Waals surface area contributed by atoms with Gasteiger partial charge in [0.05, 0.1) is 19.1 Å². The Morgan fingerprint density at radius 1 is 1.10 bits per heavy atom. The summed E-state index contributed by atoms with van der Waals surface area (Å²) in [5.41, 5.74) is 0. The summed E-state index contributed by atoms with van der Waals surface area (Å²) in [5, 5.41) is 11.8. The second-order valence-corrected chi connectivity index (χ2v) is 3.87. The van der Waals surface area contributed by atoms with Crippen LogP contribution in [0.3, 0.4) is 0 Å². The van der Waals surface area contributed by atoms with Gasteiger partial charge in [-0.25, -0.2) is 0 Å². The molecule has 2 bridgehead atoms. The molecule has 2 saturated heterocycles. The fraction of sp³-hybridized carbons (Fsp3) is 1.00. The number of nitrogens with zero attached hydrogens (tertiary/aromatic N) is 1. The van der Waals surface area contributed by atoms with Crippen molar-refractivity contribution in [3.05, 3.63) is 5.21 Å². The van der Waals surface area contributed by atoms with E-state index in [9.17, 15) is 5.21 Å². The molecule has 58 valence electrons. The first-order valence-electron chi connectivity index (χ1n) is 4.28. The summed E-state index contributed by atoms with van der Waals surface area (Å²) >= 11 is 0. The lowest BCUT2D eigenvalue weighted by Crippen LogP contribution is -2.50. The molecule has 10 heavy (non-hydrogen) atoms. The van der Waals surface area contributed by atoms with Gasteiger partial charge in [-0.05, 0) is 19.3 Å². The first-order chi connectivity index (χ1) is 4.71. The molecule has 0 aromatic heterocycles. The standard InChI is InChI=1S/C8H15NO/c1-9(10)7-3-2-4-8(9)6-5-7/h7-8H,2-6H2,1H3. The quantitative estimate of drug-likeness (QED) is 0.371. The van der Waals surface area contributed by atoms with Gasteiger partial charge >= 0.3 is 0 Å². The lowest BCUT2D eigenvalue weighted by atomic mass is 10.0. The molecule has 0 amide bonds. The van der Waals surface area contributed by atoms with Crippen molar-refractivity contribution in [2.75, 3.05) is 7.05 Å². The van der Waals surface area contributed by atoms with E-state index in [1.54, 1.807) is 0 Å². The van der Waals surface area contributed by atoms with Gasteiger partial charge in [-0.3, -0.25) is 0 Å². The summed E-state index contributed by atoms with van der Waals surface area (Å²) in [6, 6.07) is 0.914. The van der Waals surface area contributed by atoms with Gasteiger partial charge < -0.3 is 9.85 Å². The van der Waals surface area contributed by atoms with Crippen molar-refractivity contribution in [3.63, 3.8) is 0 Å². The highest BCUT2D eigenvalue weighted by Gasteiger charge is 2.42. The molecule has 2 heteroatoms. The van der Waals surface area contributed by atoms with Crippen LogP contribution in [0.5, 0.6) is 0 Å². The summed E-state index contributed by atoms with van der Waals surface area (Å²) < 4.78 is 0.0833. The van der Waals surface area contributed by atoms with Crippen LogP contribution < -0.4 is 0 Å². The highest BCUT2D eigenvalue weighted by Crippen LogP contribution is 2.39. The van der Waals surface area contributed by atoms with Crippen LogP contribution in [0, 0.1) is 5.21 Å². The first kappa shape index (κ1) is 6.62. The summed E-state index contributed by atoms with van der Waals surface area (Å²) in [4.78, 5) is 0. The third kappa shape index (κ3) is 0.722. The van der Waals surface area contributed by atoms with Gasteiger partial charge in [-0.15, -0.1) is 0 Å². The summed E-state index contributed by atoms with van der Waals surface area (Å²) in [7, 11) is 1.86. The fourth-order valence-corrected chi connectivity index (χ4v) is 2.59. The third-order valence-electron chi connectivity index (χ3n) is 3.36. The number of piperidine rings is 1. The van der Waals surface area contributed by atoms with E-state index >= 15 is 0 Å². The van der Waals surface area contributed by atoms with Gasteiger partial charge in [0.2, 0.25) is 0 Å². The largest absolute Gasteiger partial charge is 0.633 e. The second-order valence-electron chi connectivity index (χ2n) is 3.87. The zero-order valence-electron chi connectivity index (χ0n) is 6.55. The topological polar surface area (TPSA) is 23.1 Å². The maximum Gasteiger partial charge on any atom is 0.0889 e. The summed E-state index contributed by atoms with van der Waals surface area (Å²) in [6.07, 6.45) is 6.02. The van der Waals surface area contributed by atoms with E-state index in [2.05, 4.69) is 0 Å². The average Bonchev–Trinajstić information content (AvgIpc) is 2.17. The lowest BCUT2D eigenvalue weighted by Gasteiger charge is -2.48. The molecule has 0 spiro atoms. The molecular weight excluding hydrogens is 126 g/mol. The van der Waals surface area contributed by atoms with Gasteiger partial charge in [0.15, 0.2) is 0 Å². The highest BCUT2D eigenvalue weighted by molar-refractivity contribution is 4.81. The van der Waals surface area contributed by atoms with Crippen LogP contribution in [0.1, 0.15) is 32.1 Å². The SMILES string of the molecule is C[N+]1([O-])C2CCCC1CC2. The predicted molar refractivity (Wildman–Crippen MR) is 40.2 cm³/mol. The van der Waals surface area contributed by atoms with E-state index in [0.717, 1.165) is 0 Å². The van der Waals surface area contributed by atoms with Gasteiger partial charge in [0, 0.05) is 12.8 Å². The Morgan fingerprint density at radius 3 is 2.00 bits per heavy atom. The molecule has 0 radical (unpaired) electrons. The van der Waals surface area contributed by atoms with Crippen molar-refractivity contribution in [1.82, 2.24) is 0 Å². The van der Waals surface area contributed by atoms with Crippen molar-refractivity contribution < 1.29 is 4.65 Å². The molecule has 0 saturated carbocycles. The highest BCUT2D eigenvalue weighted by atomic mass is 16.5. The van der Waals surface area contributed by atoms with Crippen LogP contribution in [0.2, 0.25) is 0 Å². The molecule has 2 fully saturated rings. The first-order valence-corrected chi connectivity index (χ1v) is 4.28. The van der Waals surface area contributed by atoms with Crippen LogP contribution >= 0.6 is 0 Å². The van der Waals surface area contributed by atoms with E-state index in [1.165, 1.54) is 32.1 Å². The van der Waals surface area contributed by atoms with Gasteiger partial charge in [-0.1, -0.05) is 0 Å². The lowest BCUT2D eigenvalue weighted by molar-refractivity contribution is -0.902. The molecule has 2 aliphatic rings. The maximum absolute atomic E-state index is 11.8. The molecule has 0 aromatic carbocycles. The Bertz CT molecular complexity index is 126. The van der Waals surface area contributed by atoms with Gasteiger partial charge in [0.1, 0.15) is 0 Å². The average molecular weight is 141 g/mol. The monoisotopic (exact) mass is 141 g/mol. The number of rotatable bonds is 0. The Labute approximate surface area is 62.0 Å². The Morgan fingerprint density at radius 2 is 1.60 bits per heavy atom.